The number of nitrogens with zero attached hydrogens (tertiary/aromatic N) is 3. The first-order valence-corrected chi connectivity index (χ1v) is 6.81. The second-order valence-corrected chi connectivity index (χ2v) is 4.64. The highest BCUT2D eigenvalue weighted by molar-refractivity contribution is 5.58. The van der Waals surface area contributed by atoms with Gasteiger partial charge in [0.25, 0.3) is 0 Å². The van der Waals surface area contributed by atoms with Gasteiger partial charge in [-0.15, -0.1) is 0 Å². The van der Waals surface area contributed by atoms with Crippen molar-refractivity contribution in [2.45, 2.75) is 26.8 Å². The van der Waals surface area contributed by atoms with Crippen molar-refractivity contribution in [2.24, 2.45) is 5.73 Å². The maximum absolute atomic E-state index is 5.65. The molecule has 0 bridgehead atoms. The third kappa shape index (κ3) is 3.15. The van der Waals surface area contributed by atoms with Crippen LogP contribution in [0, 0.1) is 6.92 Å². The predicted octanol–water partition coefficient (Wildman–Crippen LogP) is 2.70. The van der Waals surface area contributed by atoms with Gasteiger partial charge in [-0.2, -0.15) is 0 Å². The van der Waals surface area contributed by atoms with E-state index in [0.29, 0.717) is 6.54 Å². The molecule has 0 atom stereocenters. The van der Waals surface area contributed by atoms with Crippen molar-refractivity contribution in [1.82, 2.24) is 9.55 Å². The zero-order valence-electron chi connectivity index (χ0n) is 11.7. The van der Waals surface area contributed by atoms with Crippen LogP contribution >= 0.6 is 0 Å². The number of anilines is 2. The van der Waals surface area contributed by atoms with E-state index in [1.807, 2.05) is 12.4 Å². The molecule has 19 heavy (non-hydrogen) atoms. The monoisotopic (exact) mass is 258 g/mol. The molecule has 1 aromatic heterocycles. The number of benzene rings is 1. The third-order valence-electron chi connectivity index (χ3n) is 3.21. The summed E-state index contributed by atoms with van der Waals surface area (Å²) in [6, 6.07) is 8.54. The van der Waals surface area contributed by atoms with Crippen LogP contribution in [0.3, 0.4) is 0 Å². The Bertz CT molecular complexity index is 501. The van der Waals surface area contributed by atoms with E-state index in [1.165, 1.54) is 11.3 Å². The summed E-state index contributed by atoms with van der Waals surface area (Å²) in [5.41, 5.74) is 8.08. The maximum atomic E-state index is 5.65. The Morgan fingerprint density at radius 2 is 2.00 bits per heavy atom. The lowest BCUT2D eigenvalue weighted by atomic mass is 10.2. The number of hydrogen-bond donors (Lipinski definition) is 1. The van der Waals surface area contributed by atoms with Crippen molar-refractivity contribution in [3.63, 3.8) is 0 Å². The minimum atomic E-state index is 0.690. The first-order chi connectivity index (χ1) is 9.26. The van der Waals surface area contributed by atoms with Crippen molar-refractivity contribution >= 4 is 11.6 Å². The first-order valence-electron chi connectivity index (χ1n) is 6.81. The Morgan fingerprint density at radius 3 is 2.63 bits per heavy atom. The van der Waals surface area contributed by atoms with Gasteiger partial charge in [0.05, 0.1) is 0 Å². The molecule has 0 aliphatic rings. The molecule has 0 fully saturated rings. The van der Waals surface area contributed by atoms with Gasteiger partial charge in [0, 0.05) is 31.2 Å². The lowest BCUT2D eigenvalue weighted by molar-refractivity contribution is 0.722. The Hall–Kier alpha value is -1.81. The lowest BCUT2D eigenvalue weighted by Gasteiger charge is -2.24. The molecule has 4 heteroatoms. The fourth-order valence-corrected chi connectivity index (χ4v) is 2.11. The van der Waals surface area contributed by atoms with Crippen LogP contribution < -0.4 is 10.6 Å². The van der Waals surface area contributed by atoms with E-state index in [9.17, 15) is 0 Å². The van der Waals surface area contributed by atoms with Crippen molar-refractivity contribution in [3.8, 4) is 0 Å². The van der Waals surface area contributed by atoms with Gasteiger partial charge in [-0.3, -0.25) is 0 Å². The summed E-state index contributed by atoms with van der Waals surface area (Å²) in [7, 11) is 0. The Morgan fingerprint density at radius 1 is 1.26 bits per heavy atom. The van der Waals surface area contributed by atoms with E-state index in [0.717, 1.165) is 25.5 Å². The molecule has 0 unspecified atom stereocenters. The second kappa shape index (κ2) is 6.38. The number of aromatic nitrogens is 2. The third-order valence-corrected chi connectivity index (χ3v) is 3.21. The molecule has 4 nitrogen and oxygen atoms in total. The van der Waals surface area contributed by atoms with E-state index in [2.05, 4.69) is 52.6 Å². The quantitative estimate of drug-likeness (QED) is 0.866. The zero-order valence-corrected chi connectivity index (χ0v) is 11.7. The average molecular weight is 258 g/mol. The van der Waals surface area contributed by atoms with Crippen LogP contribution in [0.5, 0.6) is 0 Å². The SMILES string of the molecule is CCn1ccnc1N(CCCN)c1ccc(C)cc1. The molecule has 2 N–H and O–H groups in total. The van der Waals surface area contributed by atoms with Crippen LogP contribution in [0.1, 0.15) is 18.9 Å². The number of rotatable bonds is 6. The maximum Gasteiger partial charge on any atom is 0.209 e. The number of nitrogens with two attached hydrogens (primary N) is 1. The zero-order chi connectivity index (χ0) is 13.7. The normalized spacial score (nSPS) is 10.7. The van der Waals surface area contributed by atoms with Crippen molar-refractivity contribution in [3.05, 3.63) is 42.2 Å². The molecule has 102 valence electrons. The highest BCUT2D eigenvalue weighted by Gasteiger charge is 2.13. The van der Waals surface area contributed by atoms with E-state index in [4.69, 9.17) is 5.73 Å². The Labute approximate surface area is 114 Å². The van der Waals surface area contributed by atoms with Gasteiger partial charge >= 0.3 is 0 Å². The first kappa shape index (κ1) is 13.6. The van der Waals surface area contributed by atoms with Crippen LogP contribution in [-0.2, 0) is 6.54 Å². The van der Waals surface area contributed by atoms with Gasteiger partial charge in [0.15, 0.2) is 0 Å². The summed E-state index contributed by atoms with van der Waals surface area (Å²) in [4.78, 5) is 6.72. The molecule has 2 rings (SSSR count). The molecule has 1 heterocycles. The van der Waals surface area contributed by atoms with Crippen LogP contribution in [0.4, 0.5) is 11.6 Å². The highest BCUT2D eigenvalue weighted by atomic mass is 15.3. The van der Waals surface area contributed by atoms with Crippen LogP contribution in [0.25, 0.3) is 0 Å². The summed E-state index contributed by atoms with van der Waals surface area (Å²) in [5.74, 6) is 0.986. The average Bonchev–Trinajstić information content (AvgIpc) is 2.89. The minimum Gasteiger partial charge on any atom is -0.330 e. The molecule has 0 radical (unpaired) electrons. The standard InChI is InChI=1S/C15H22N4/c1-3-18-12-10-17-15(18)19(11-4-9-16)14-7-5-13(2)6-8-14/h5-8,10,12H,3-4,9,11,16H2,1-2H3. The summed E-state index contributed by atoms with van der Waals surface area (Å²) in [6.07, 6.45) is 4.81. The molecular weight excluding hydrogens is 236 g/mol. The lowest BCUT2D eigenvalue weighted by Crippen LogP contribution is -2.24. The summed E-state index contributed by atoms with van der Waals surface area (Å²) >= 11 is 0. The van der Waals surface area contributed by atoms with E-state index < -0.39 is 0 Å². The van der Waals surface area contributed by atoms with Gasteiger partial charge in [-0.1, -0.05) is 17.7 Å². The topological polar surface area (TPSA) is 47.1 Å². The molecule has 0 saturated heterocycles. The molecule has 1 aromatic carbocycles. The second-order valence-electron chi connectivity index (χ2n) is 4.64. The van der Waals surface area contributed by atoms with Crippen LogP contribution in [0.15, 0.2) is 36.7 Å². The fraction of sp³-hybridized carbons (Fsp3) is 0.400. The number of imidazole rings is 1. The van der Waals surface area contributed by atoms with Gasteiger partial charge in [-0.25, -0.2) is 4.98 Å². The van der Waals surface area contributed by atoms with Crippen LogP contribution in [-0.4, -0.2) is 22.6 Å². The van der Waals surface area contributed by atoms with Gasteiger partial charge in [0.2, 0.25) is 5.95 Å². The Kier molecular flexibility index (Phi) is 4.58. The van der Waals surface area contributed by atoms with E-state index in [-0.39, 0.29) is 0 Å². The summed E-state index contributed by atoms with van der Waals surface area (Å²) in [6.45, 7) is 6.72. The summed E-state index contributed by atoms with van der Waals surface area (Å²) in [5, 5.41) is 0. The summed E-state index contributed by atoms with van der Waals surface area (Å²) < 4.78 is 2.15. The van der Waals surface area contributed by atoms with E-state index in [1.54, 1.807) is 0 Å². The molecule has 0 aliphatic heterocycles. The number of aryl methyl sites for hydroxylation is 2. The molecule has 0 amide bonds. The van der Waals surface area contributed by atoms with Gasteiger partial charge < -0.3 is 15.2 Å². The minimum absolute atomic E-state index is 0.690. The molecule has 0 spiro atoms. The predicted molar refractivity (Wildman–Crippen MR) is 79.8 cm³/mol. The highest BCUT2D eigenvalue weighted by Crippen LogP contribution is 2.24. The Balaban J connectivity index is 2.32. The van der Waals surface area contributed by atoms with Gasteiger partial charge in [0.1, 0.15) is 0 Å². The van der Waals surface area contributed by atoms with E-state index >= 15 is 0 Å². The molecule has 0 saturated carbocycles. The fourth-order valence-electron chi connectivity index (χ4n) is 2.11. The number of hydrogen-bond acceptors (Lipinski definition) is 3. The smallest absolute Gasteiger partial charge is 0.209 e. The molecule has 2 aromatic rings. The van der Waals surface area contributed by atoms with Crippen molar-refractivity contribution in [2.75, 3.05) is 18.0 Å². The molecule has 0 aliphatic carbocycles. The van der Waals surface area contributed by atoms with Crippen molar-refractivity contribution in [1.29, 1.82) is 0 Å². The molecular formula is C15H22N4. The van der Waals surface area contributed by atoms with Crippen molar-refractivity contribution < 1.29 is 0 Å². The largest absolute Gasteiger partial charge is 0.330 e. The van der Waals surface area contributed by atoms with Gasteiger partial charge in [-0.05, 0) is 38.9 Å². The van der Waals surface area contributed by atoms with Crippen LogP contribution in [0.2, 0.25) is 0 Å².